The average Bonchev–Trinajstić information content (AvgIpc) is 2.38. The summed E-state index contributed by atoms with van der Waals surface area (Å²) in [6.45, 7) is 0. The minimum Gasteiger partial charge on any atom is -0.279 e. The minimum atomic E-state index is -3.78. The number of aromatic nitrogens is 1. The molecular weight excluding hydrogens is 284 g/mol. The summed E-state index contributed by atoms with van der Waals surface area (Å²) >= 11 is 5.84. The van der Waals surface area contributed by atoms with E-state index in [1.807, 2.05) is 0 Å². The van der Waals surface area contributed by atoms with Crippen molar-refractivity contribution in [2.75, 3.05) is 4.72 Å². The van der Waals surface area contributed by atoms with Crippen LogP contribution in [0.2, 0.25) is 5.02 Å². The maximum absolute atomic E-state index is 12.1. The maximum Gasteiger partial charge on any atom is 0.264 e. The summed E-state index contributed by atoms with van der Waals surface area (Å²) < 4.78 is 26.7. The predicted octanol–water partition coefficient (Wildman–Crippen LogP) is 2.52. The van der Waals surface area contributed by atoms with Crippen molar-refractivity contribution in [3.63, 3.8) is 0 Å². The molecule has 2 aromatic rings. The van der Waals surface area contributed by atoms with Gasteiger partial charge in [-0.25, -0.2) is 8.42 Å². The molecule has 0 amide bonds. The maximum atomic E-state index is 12.1. The van der Waals surface area contributed by atoms with Gasteiger partial charge in [0, 0.05) is 18.0 Å². The summed E-state index contributed by atoms with van der Waals surface area (Å²) in [6.07, 6.45) is 7.87. The molecule has 0 bridgehead atoms. The number of benzene rings is 1. The number of halogens is 1. The monoisotopic (exact) mass is 292 g/mol. The first kappa shape index (κ1) is 13.4. The zero-order chi connectivity index (χ0) is 13.9. The summed E-state index contributed by atoms with van der Waals surface area (Å²) in [6, 6.07) is 7.94. The number of terminal acetylenes is 1. The zero-order valence-electron chi connectivity index (χ0n) is 9.67. The van der Waals surface area contributed by atoms with E-state index in [1.54, 1.807) is 24.3 Å². The normalized spacial score (nSPS) is 10.7. The van der Waals surface area contributed by atoms with E-state index >= 15 is 0 Å². The van der Waals surface area contributed by atoms with Crippen LogP contribution >= 0.6 is 11.6 Å². The van der Waals surface area contributed by atoms with Crippen LogP contribution < -0.4 is 4.72 Å². The topological polar surface area (TPSA) is 59.1 Å². The second-order valence-electron chi connectivity index (χ2n) is 3.64. The average molecular weight is 293 g/mol. The van der Waals surface area contributed by atoms with Gasteiger partial charge >= 0.3 is 0 Å². The molecule has 0 radical (unpaired) electrons. The lowest BCUT2D eigenvalue weighted by atomic mass is 10.2. The Morgan fingerprint density at radius 2 is 2.11 bits per heavy atom. The van der Waals surface area contributed by atoms with Crippen LogP contribution in [0.4, 0.5) is 5.69 Å². The SMILES string of the molecule is C#Cc1cccc(NS(=O)(=O)c2cnccc2Cl)c1. The third-order valence-corrected chi connectivity index (χ3v) is 4.16. The summed E-state index contributed by atoms with van der Waals surface area (Å²) in [5.74, 6) is 2.43. The highest BCUT2D eigenvalue weighted by Gasteiger charge is 2.18. The number of sulfonamides is 1. The first-order chi connectivity index (χ1) is 9.03. The fraction of sp³-hybridized carbons (Fsp3) is 0. The Labute approximate surface area is 116 Å². The summed E-state index contributed by atoms with van der Waals surface area (Å²) in [5, 5.41) is 0.107. The van der Waals surface area contributed by atoms with Crippen molar-refractivity contribution in [1.82, 2.24) is 4.98 Å². The molecule has 1 aromatic heterocycles. The van der Waals surface area contributed by atoms with Gasteiger partial charge in [0.25, 0.3) is 10.0 Å². The molecule has 0 atom stereocenters. The molecule has 0 aliphatic rings. The molecule has 0 aliphatic heterocycles. The van der Waals surface area contributed by atoms with Crippen LogP contribution in [-0.2, 0) is 10.0 Å². The highest BCUT2D eigenvalue weighted by Crippen LogP contribution is 2.22. The first-order valence-electron chi connectivity index (χ1n) is 5.22. The van der Waals surface area contributed by atoms with E-state index in [-0.39, 0.29) is 9.92 Å². The van der Waals surface area contributed by atoms with Gasteiger partial charge in [-0.2, -0.15) is 0 Å². The number of anilines is 1. The molecule has 0 saturated heterocycles. The van der Waals surface area contributed by atoms with E-state index in [1.165, 1.54) is 18.5 Å². The molecule has 0 saturated carbocycles. The van der Waals surface area contributed by atoms with Crippen LogP contribution in [0.25, 0.3) is 0 Å². The van der Waals surface area contributed by atoms with E-state index in [4.69, 9.17) is 18.0 Å². The Balaban J connectivity index is 2.37. The van der Waals surface area contributed by atoms with E-state index < -0.39 is 10.0 Å². The highest BCUT2D eigenvalue weighted by molar-refractivity contribution is 7.92. The van der Waals surface area contributed by atoms with Crippen molar-refractivity contribution >= 4 is 27.3 Å². The second-order valence-corrected chi connectivity index (χ2v) is 5.69. The standard InChI is InChI=1S/C13H9ClN2O2S/c1-2-10-4-3-5-11(8-10)16-19(17,18)13-9-15-7-6-12(13)14/h1,3-9,16H. The molecule has 0 aliphatic carbocycles. The Bertz CT molecular complexity index is 751. The van der Waals surface area contributed by atoms with Crippen molar-refractivity contribution in [1.29, 1.82) is 0 Å². The third-order valence-electron chi connectivity index (χ3n) is 2.31. The lowest BCUT2D eigenvalue weighted by molar-refractivity contribution is 0.601. The van der Waals surface area contributed by atoms with Gasteiger partial charge in [-0.15, -0.1) is 6.42 Å². The van der Waals surface area contributed by atoms with Crippen LogP contribution in [0.1, 0.15) is 5.56 Å². The fourth-order valence-electron chi connectivity index (χ4n) is 1.44. The van der Waals surface area contributed by atoms with Crippen molar-refractivity contribution < 1.29 is 8.42 Å². The summed E-state index contributed by atoms with van der Waals surface area (Å²) in [7, 11) is -3.78. The second kappa shape index (κ2) is 5.31. The predicted molar refractivity (Wildman–Crippen MR) is 74.4 cm³/mol. The van der Waals surface area contributed by atoms with Crippen LogP contribution in [0.5, 0.6) is 0 Å². The van der Waals surface area contributed by atoms with Crippen molar-refractivity contribution in [2.45, 2.75) is 4.90 Å². The fourth-order valence-corrected chi connectivity index (χ4v) is 2.92. The van der Waals surface area contributed by atoms with E-state index in [9.17, 15) is 8.42 Å². The lowest BCUT2D eigenvalue weighted by Crippen LogP contribution is -2.13. The van der Waals surface area contributed by atoms with Crippen molar-refractivity contribution in [3.05, 3.63) is 53.3 Å². The molecule has 1 heterocycles. The van der Waals surface area contributed by atoms with Gasteiger partial charge in [-0.3, -0.25) is 9.71 Å². The molecule has 1 N–H and O–H groups in total. The van der Waals surface area contributed by atoms with E-state index in [0.29, 0.717) is 11.3 Å². The smallest absolute Gasteiger partial charge is 0.264 e. The lowest BCUT2D eigenvalue weighted by Gasteiger charge is -2.09. The number of hydrogen-bond donors (Lipinski definition) is 1. The number of pyridine rings is 1. The van der Waals surface area contributed by atoms with Gasteiger partial charge in [-0.1, -0.05) is 23.6 Å². The Hall–Kier alpha value is -2.03. The summed E-state index contributed by atoms with van der Waals surface area (Å²) in [5.41, 5.74) is 0.952. The molecule has 4 nitrogen and oxygen atoms in total. The molecule has 0 fully saturated rings. The number of rotatable bonds is 3. The Kier molecular flexibility index (Phi) is 3.74. The Morgan fingerprint density at radius 3 is 2.79 bits per heavy atom. The van der Waals surface area contributed by atoms with Gasteiger partial charge in [-0.05, 0) is 24.3 Å². The van der Waals surface area contributed by atoms with Gasteiger partial charge in [0.2, 0.25) is 0 Å². The highest BCUT2D eigenvalue weighted by atomic mass is 35.5. The molecule has 96 valence electrons. The first-order valence-corrected chi connectivity index (χ1v) is 7.08. The van der Waals surface area contributed by atoms with E-state index in [2.05, 4.69) is 15.6 Å². The molecule has 1 aromatic carbocycles. The van der Waals surface area contributed by atoms with Crippen molar-refractivity contribution in [3.8, 4) is 12.3 Å². The van der Waals surface area contributed by atoms with Gasteiger partial charge in [0.05, 0.1) is 10.7 Å². The molecule has 0 spiro atoms. The van der Waals surface area contributed by atoms with Crippen LogP contribution in [0.15, 0.2) is 47.6 Å². The van der Waals surface area contributed by atoms with Crippen LogP contribution in [0, 0.1) is 12.3 Å². The largest absolute Gasteiger partial charge is 0.279 e. The minimum absolute atomic E-state index is 0.0808. The molecular formula is C13H9ClN2O2S. The summed E-state index contributed by atoms with van der Waals surface area (Å²) in [4.78, 5) is 3.67. The van der Waals surface area contributed by atoms with Gasteiger partial charge in [0.15, 0.2) is 0 Å². The van der Waals surface area contributed by atoms with E-state index in [0.717, 1.165) is 0 Å². The molecule has 0 unspecified atom stereocenters. The third kappa shape index (κ3) is 3.05. The van der Waals surface area contributed by atoms with Gasteiger partial charge in [0.1, 0.15) is 4.90 Å². The quantitative estimate of drug-likeness (QED) is 0.884. The van der Waals surface area contributed by atoms with Crippen molar-refractivity contribution in [2.24, 2.45) is 0 Å². The number of hydrogen-bond acceptors (Lipinski definition) is 3. The van der Waals surface area contributed by atoms with Gasteiger partial charge < -0.3 is 0 Å². The molecule has 6 heteroatoms. The Morgan fingerprint density at radius 1 is 1.32 bits per heavy atom. The molecule has 19 heavy (non-hydrogen) atoms. The zero-order valence-corrected chi connectivity index (χ0v) is 11.2. The number of nitrogens with zero attached hydrogens (tertiary/aromatic N) is 1. The van der Waals surface area contributed by atoms with Crippen LogP contribution in [0.3, 0.4) is 0 Å². The number of nitrogens with one attached hydrogen (secondary N) is 1. The molecule has 2 rings (SSSR count). The van der Waals surface area contributed by atoms with Crippen LogP contribution in [-0.4, -0.2) is 13.4 Å².